The number of rotatable bonds is 3. The third-order valence-corrected chi connectivity index (χ3v) is 1.91. The zero-order valence-electron chi connectivity index (χ0n) is 9.13. The molecule has 0 saturated heterocycles. The lowest BCUT2D eigenvalue weighted by Gasteiger charge is -2.23. The van der Waals surface area contributed by atoms with E-state index in [0.29, 0.717) is 0 Å². The fourth-order valence-corrected chi connectivity index (χ4v) is 1.11. The van der Waals surface area contributed by atoms with Gasteiger partial charge in [0, 0.05) is 6.42 Å². The minimum Gasteiger partial charge on any atom is -1.00 e. The van der Waals surface area contributed by atoms with E-state index in [1.807, 2.05) is 0 Å². The number of benzene rings is 1. The van der Waals surface area contributed by atoms with Crippen LogP contribution in [-0.2, 0) is 6.42 Å². The summed E-state index contributed by atoms with van der Waals surface area (Å²) in [6, 6.07) is 10.6. The Hall–Kier alpha value is -0.930. The maximum atomic E-state index is 2.23. The largest absolute Gasteiger partial charge is 1.00 e. The number of quaternary nitrogens is 1. The van der Waals surface area contributed by atoms with Gasteiger partial charge in [0.1, 0.15) is 0 Å². The van der Waals surface area contributed by atoms with E-state index in [9.17, 15) is 0 Å². The molecule has 0 heterocycles. The summed E-state index contributed by atoms with van der Waals surface area (Å²) in [6.45, 7) is 1.20. The highest BCUT2D eigenvalue weighted by Gasteiger charge is 2.05. The number of hydrogen-bond donors (Lipinski definition) is 0. The van der Waals surface area contributed by atoms with Gasteiger partial charge in [-0.25, -0.2) is 0 Å². The topological polar surface area (TPSA) is 31.5 Å². The van der Waals surface area contributed by atoms with Crippen molar-refractivity contribution in [3.8, 4) is 0 Å². The Labute approximate surface area is 85.4 Å². The molecule has 14 heavy (non-hydrogen) atoms. The zero-order valence-corrected chi connectivity index (χ0v) is 9.13. The molecule has 0 aromatic heterocycles. The molecule has 0 atom stereocenters. The van der Waals surface area contributed by atoms with Gasteiger partial charge in [0.05, 0.1) is 27.7 Å². The molecule has 1 rings (SSSR count). The predicted octanol–water partition coefficient (Wildman–Crippen LogP) is -1.89. The van der Waals surface area contributed by atoms with Gasteiger partial charge in [-0.1, -0.05) is 30.3 Å². The van der Waals surface area contributed by atoms with E-state index in [-0.39, 0.29) is 10.2 Å². The van der Waals surface area contributed by atoms with Crippen molar-refractivity contribution < 1.29 is 14.7 Å². The van der Waals surface area contributed by atoms with Crippen LogP contribution in [0.15, 0.2) is 30.3 Å². The van der Waals surface area contributed by atoms with Crippen LogP contribution in [0.3, 0.4) is 0 Å². The summed E-state index contributed by atoms with van der Waals surface area (Å²) in [5.74, 6) is 0. The first kappa shape index (κ1) is 15.5. The maximum absolute atomic E-state index is 2.23. The van der Waals surface area contributed by atoms with E-state index in [1.54, 1.807) is 0 Å². The Morgan fingerprint density at radius 3 is 1.93 bits per heavy atom. The van der Waals surface area contributed by atoms with Crippen molar-refractivity contribution >= 4 is 0 Å². The molecule has 2 nitrogen and oxygen atoms in total. The summed E-state index contributed by atoms with van der Waals surface area (Å²) in [6.07, 6.45) is 1.17. The van der Waals surface area contributed by atoms with Gasteiger partial charge in [-0.15, -0.1) is 0 Å². The Bertz CT molecular complexity index is 231. The number of halogens is 1. The normalized spacial score (nSPS) is 9.93. The zero-order chi connectivity index (χ0) is 9.03. The molecule has 1 aromatic rings. The molecule has 0 saturated carbocycles. The second-order valence-corrected chi connectivity index (χ2v) is 4.25. The van der Waals surface area contributed by atoms with Crippen LogP contribution in [0.2, 0.25) is 0 Å². The SMILES string of the molecule is C[N+](C)(C)CCc1ccccc1.O.[F-]. The molecule has 2 N–H and O–H groups in total. The Balaban J connectivity index is 0. The van der Waals surface area contributed by atoms with Crippen LogP contribution in [0.25, 0.3) is 0 Å². The number of nitrogens with zero attached hydrogens (tertiary/aromatic N) is 1. The van der Waals surface area contributed by atoms with Gasteiger partial charge in [0.15, 0.2) is 0 Å². The minimum atomic E-state index is 0. The lowest BCUT2D eigenvalue weighted by Crippen LogP contribution is -3.00. The molecule has 1 aromatic carbocycles. The summed E-state index contributed by atoms with van der Waals surface area (Å²) in [7, 11) is 6.68. The van der Waals surface area contributed by atoms with E-state index < -0.39 is 0 Å². The summed E-state index contributed by atoms with van der Waals surface area (Å²) in [4.78, 5) is 0. The first-order valence-corrected chi connectivity index (χ1v) is 4.42. The van der Waals surface area contributed by atoms with E-state index >= 15 is 0 Å². The van der Waals surface area contributed by atoms with E-state index in [4.69, 9.17) is 0 Å². The van der Waals surface area contributed by atoms with Crippen molar-refractivity contribution in [3.05, 3.63) is 35.9 Å². The smallest absolute Gasteiger partial charge is 0.0821 e. The molecular weight excluding hydrogens is 181 g/mol. The first-order chi connectivity index (χ1) is 5.58. The highest BCUT2D eigenvalue weighted by molar-refractivity contribution is 5.14. The van der Waals surface area contributed by atoms with Crippen LogP contribution in [0.5, 0.6) is 0 Å². The van der Waals surface area contributed by atoms with Gasteiger partial charge in [-0.2, -0.15) is 0 Å². The van der Waals surface area contributed by atoms with Gasteiger partial charge in [0.2, 0.25) is 0 Å². The van der Waals surface area contributed by atoms with E-state index in [1.165, 1.54) is 18.5 Å². The molecule has 0 aliphatic carbocycles. The van der Waals surface area contributed by atoms with Crippen molar-refractivity contribution in [1.29, 1.82) is 0 Å². The summed E-state index contributed by atoms with van der Waals surface area (Å²) >= 11 is 0. The molecule has 0 aliphatic heterocycles. The Morgan fingerprint density at radius 1 is 1.00 bits per heavy atom. The third-order valence-electron chi connectivity index (χ3n) is 1.91. The van der Waals surface area contributed by atoms with Crippen molar-refractivity contribution in [2.75, 3.05) is 27.7 Å². The van der Waals surface area contributed by atoms with Gasteiger partial charge in [0.25, 0.3) is 0 Å². The van der Waals surface area contributed by atoms with Crippen molar-refractivity contribution in [1.82, 2.24) is 0 Å². The van der Waals surface area contributed by atoms with Gasteiger partial charge in [-0.05, 0) is 5.56 Å². The first-order valence-electron chi connectivity index (χ1n) is 4.42. The fourth-order valence-electron chi connectivity index (χ4n) is 1.11. The molecule has 82 valence electrons. The van der Waals surface area contributed by atoms with Crippen LogP contribution >= 0.6 is 0 Å². The van der Waals surface area contributed by atoms with Gasteiger partial charge in [-0.3, -0.25) is 0 Å². The van der Waals surface area contributed by atoms with Crippen LogP contribution in [0, 0.1) is 0 Å². The monoisotopic (exact) mass is 201 g/mol. The molecular formula is C11H20FNO. The quantitative estimate of drug-likeness (QED) is 0.512. The maximum Gasteiger partial charge on any atom is 0.0821 e. The summed E-state index contributed by atoms with van der Waals surface area (Å²) in [5, 5.41) is 0. The molecule has 3 heteroatoms. The number of likely N-dealkylation sites (N-methyl/N-ethyl adjacent to an activating group) is 1. The number of hydrogen-bond acceptors (Lipinski definition) is 0. The lowest BCUT2D eigenvalue weighted by molar-refractivity contribution is -0.870. The second-order valence-electron chi connectivity index (χ2n) is 4.25. The van der Waals surface area contributed by atoms with Gasteiger partial charge >= 0.3 is 0 Å². The molecule has 0 spiro atoms. The van der Waals surface area contributed by atoms with Gasteiger partial charge < -0.3 is 14.7 Å². The highest BCUT2D eigenvalue weighted by atomic mass is 19.0. The molecule has 0 bridgehead atoms. The van der Waals surface area contributed by atoms with Crippen molar-refractivity contribution in [3.63, 3.8) is 0 Å². The Morgan fingerprint density at radius 2 is 1.50 bits per heavy atom. The molecule has 0 unspecified atom stereocenters. The van der Waals surface area contributed by atoms with Crippen LogP contribution < -0.4 is 4.70 Å². The second kappa shape index (κ2) is 6.51. The third kappa shape index (κ3) is 6.57. The minimum absolute atomic E-state index is 0. The summed E-state index contributed by atoms with van der Waals surface area (Å²) in [5.41, 5.74) is 1.44. The lowest BCUT2D eigenvalue weighted by atomic mass is 10.1. The molecule has 0 radical (unpaired) electrons. The average Bonchev–Trinajstić information content (AvgIpc) is 2.02. The molecule has 0 fully saturated rings. The average molecular weight is 201 g/mol. The Kier molecular flexibility index (Phi) is 7.23. The van der Waals surface area contributed by atoms with E-state index in [0.717, 1.165) is 4.48 Å². The predicted molar refractivity (Wildman–Crippen MR) is 56.7 cm³/mol. The van der Waals surface area contributed by atoms with Crippen molar-refractivity contribution in [2.45, 2.75) is 6.42 Å². The standard InChI is InChI=1S/C11H18N.FH.H2O/c1-12(2,3)10-9-11-7-5-4-6-8-11;;/h4-8H,9-10H2,1-3H3;1H;1H2/q+1;;/p-1. The van der Waals surface area contributed by atoms with Crippen LogP contribution in [0.1, 0.15) is 5.56 Å². The fraction of sp³-hybridized carbons (Fsp3) is 0.455. The van der Waals surface area contributed by atoms with Crippen LogP contribution in [-0.4, -0.2) is 37.6 Å². The summed E-state index contributed by atoms with van der Waals surface area (Å²) < 4.78 is 1.04. The van der Waals surface area contributed by atoms with Crippen molar-refractivity contribution in [2.24, 2.45) is 0 Å². The molecule has 0 amide bonds. The van der Waals surface area contributed by atoms with E-state index in [2.05, 4.69) is 51.5 Å². The molecule has 0 aliphatic rings. The van der Waals surface area contributed by atoms with Crippen LogP contribution in [0.4, 0.5) is 0 Å². The highest BCUT2D eigenvalue weighted by Crippen LogP contribution is 2.02.